The molecule has 1 amide bonds. The number of hydrogen-bond acceptors (Lipinski definition) is 4. The number of amides is 1. The Morgan fingerprint density at radius 2 is 2.00 bits per heavy atom. The summed E-state index contributed by atoms with van der Waals surface area (Å²) in [7, 11) is 0. The Balaban J connectivity index is 1.61. The smallest absolute Gasteiger partial charge is 0.241 e. The van der Waals surface area contributed by atoms with Gasteiger partial charge in [0.15, 0.2) is 0 Å². The third-order valence-corrected chi connectivity index (χ3v) is 4.60. The van der Waals surface area contributed by atoms with Crippen molar-refractivity contribution >= 4 is 17.3 Å². The van der Waals surface area contributed by atoms with Crippen molar-refractivity contribution in [2.45, 2.75) is 18.3 Å². The molecule has 2 aliphatic heterocycles. The van der Waals surface area contributed by atoms with Gasteiger partial charge < -0.3 is 15.4 Å². The molecule has 2 N–H and O–H groups in total. The van der Waals surface area contributed by atoms with Crippen LogP contribution in [0.15, 0.2) is 36.4 Å². The van der Waals surface area contributed by atoms with Gasteiger partial charge in [-0.15, -0.1) is 0 Å². The summed E-state index contributed by atoms with van der Waals surface area (Å²) in [4.78, 5) is 17.6. The third-order valence-electron chi connectivity index (χ3n) is 4.60. The largest absolute Gasteiger partial charge is 0.384 e. The number of halogens is 1. The summed E-state index contributed by atoms with van der Waals surface area (Å²) in [6.45, 7) is 1.56. The first kappa shape index (κ1) is 15.1. The van der Waals surface area contributed by atoms with Crippen LogP contribution >= 0.6 is 0 Å². The number of anilines is 2. The van der Waals surface area contributed by atoms with E-state index in [4.69, 9.17) is 9.72 Å². The highest BCUT2D eigenvalue weighted by Gasteiger charge is 2.49. The lowest BCUT2D eigenvalue weighted by atomic mass is 9.80. The average molecular weight is 327 g/mol. The lowest BCUT2D eigenvalue weighted by molar-refractivity contribution is -0.140. The second-order valence-corrected chi connectivity index (χ2v) is 6.26. The molecule has 3 heterocycles. The van der Waals surface area contributed by atoms with Gasteiger partial charge in [-0.05, 0) is 49.2 Å². The summed E-state index contributed by atoms with van der Waals surface area (Å²) < 4.78 is 18.4. The van der Waals surface area contributed by atoms with E-state index in [0.717, 1.165) is 36.5 Å². The fraction of sp³-hybridized carbons (Fsp3) is 0.333. The van der Waals surface area contributed by atoms with E-state index in [1.807, 2.05) is 12.1 Å². The first-order valence-electron chi connectivity index (χ1n) is 8.06. The van der Waals surface area contributed by atoms with Crippen molar-refractivity contribution in [3.05, 3.63) is 53.6 Å². The first-order chi connectivity index (χ1) is 11.7. The summed E-state index contributed by atoms with van der Waals surface area (Å²) in [5, 5.41) is 6.17. The Morgan fingerprint density at radius 1 is 1.21 bits per heavy atom. The second-order valence-electron chi connectivity index (χ2n) is 6.26. The SMILES string of the molecule is O=C(Nc1ccc(F)cc1)C1(c2ccc3c(n2)CCCN3)COC1. The number of aryl methyl sites for hydroxylation is 1. The molecule has 4 rings (SSSR count). The van der Waals surface area contributed by atoms with Gasteiger partial charge in [0.1, 0.15) is 11.2 Å². The number of aromatic nitrogens is 1. The molecule has 6 heteroatoms. The van der Waals surface area contributed by atoms with Crippen molar-refractivity contribution in [2.24, 2.45) is 0 Å². The number of nitrogens with zero attached hydrogens (tertiary/aromatic N) is 1. The summed E-state index contributed by atoms with van der Waals surface area (Å²) in [5.74, 6) is -0.505. The van der Waals surface area contributed by atoms with Crippen molar-refractivity contribution in [1.82, 2.24) is 4.98 Å². The standard InChI is InChI=1S/C18H18FN3O2/c19-12-3-5-13(6-4-12)21-17(23)18(10-24-11-18)16-8-7-14-15(22-16)2-1-9-20-14/h3-8,20H,1-2,9-11H2,(H,21,23). The molecule has 124 valence electrons. The van der Waals surface area contributed by atoms with Gasteiger partial charge in [0.25, 0.3) is 0 Å². The van der Waals surface area contributed by atoms with Gasteiger partial charge in [0.05, 0.1) is 30.3 Å². The zero-order valence-corrected chi connectivity index (χ0v) is 13.1. The Morgan fingerprint density at radius 3 is 2.71 bits per heavy atom. The molecule has 1 aromatic carbocycles. The molecule has 0 bridgehead atoms. The van der Waals surface area contributed by atoms with Crippen LogP contribution in [0.2, 0.25) is 0 Å². The van der Waals surface area contributed by atoms with E-state index in [2.05, 4.69) is 10.6 Å². The number of rotatable bonds is 3. The van der Waals surface area contributed by atoms with Crippen molar-refractivity contribution < 1.29 is 13.9 Å². The van der Waals surface area contributed by atoms with Gasteiger partial charge >= 0.3 is 0 Å². The number of carbonyl (C=O) groups excluding carboxylic acids is 1. The van der Waals surface area contributed by atoms with Crippen LogP contribution in [0.4, 0.5) is 15.8 Å². The van der Waals surface area contributed by atoms with Crippen LogP contribution in [0, 0.1) is 5.82 Å². The summed E-state index contributed by atoms with van der Waals surface area (Å²) in [5.41, 5.74) is 2.56. The highest BCUT2D eigenvalue weighted by atomic mass is 19.1. The lowest BCUT2D eigenvalue weighted by Gasteiger charge is -2.39. The van der Waals surface area contributed by atoms with E-state index in [1.54, 1.807) is 12.1 Å². The molecular formula is C18H18FN3O2. The molecule has 2 aliphatic rings. The molecule has 0 atom stereocenters. The van der Waals surface area contributed by atoms with E-state index in [0.29, 0.717) is 18.9 Å². The molecule has 1 aromatic heterocycles. The van der Waals surface area contributed by atoms with E-state index in [-0.39, 0.29) is 11.7 Å². The van der Waals surface area contributed by atoms with Gasteiger partial charge in [-0.1, -0.05) is 0 Å². The molecule has 0 spiro atoms. The maximum Gasteiger partial charge on any atom is 0.241 e. The molecule has 1 saturated heterocycles. The molecule has 24 heavy (non-hydrogen) atoms. The predicted molar refractivity (Wildman–Crippen MR) is 88.6 cm³/mol. The quantitative estimate of drug-likeness (QED) is 0.909. The van der Waals surface area contributed by atoms with E-state index in [1.165, 1.54) is 12.1 Å². The minimum atomic E-state index is -0.777. The number of hydrogen-bond donors (Lipinski definition) is 2. The molecule has 5 nitrogen and oxygen atoms in total. The number of benzene rings is 1. The first-order valence-corrected chi connectivity index (χ1v) is 8.06. The van der Waals surface area contributed by atoms with Crippen molar-refractivity contribution in [1.29, 1.82) is 0 Å². The summed E-state index contributed by atoms with van der Waals surface area (Å²) >= 11 is 0. The monoisotopic (exact) mass is 327 g/mol. The normalized spacial score (nSPS) is 18.0. The number of ether oxygens (including phenoxy) is 1. The Bertz CT molecular complexity index is 772. The predicted octanol–water partition coefficient (Wildman–Crippen LogP) is 2.49. The fourth-order valence-electron chi connectivity index (χ4n) is 3.08. The highest BCUT2D eigenvalue weighted by molar-refractivity contribution is 5.99. The van der Waals surface area contributed by atoms with Crippen molar-refractivity contribution in [2.75, 3.05) is 30.4 Å². The van der Waals surface area contributed by atoms with E-state index >= 15 is 0 Å². The van der Waals surface area contributed by atoms with Crippen LogP contribution < -0.4 is 10.6 Å². The van der Waals surface area contributed by atoms with Crippen LogP contribution in [0.3, 0.4) is 0 Å². The molecule has 0 unspecified atom stereocenters. The maximum atomic E-state index is 13.0. The molecular weight excluding hydrogens is 309 g/mol. The number of pyridine rings is 1. The molecule has 0 aliphatic carbocycles. The van der Waals surface area contributed by atoms with Gasteiger partial charge in [0.2, 0.25) is 5.91 Å². The number of carbonyl (C=O) groups is 1. The van der Waals surface area contributed by atoms with Gasteiger partial charge in [-0.25, -0.2) is 4.39 Å². The van der Waals surface area contributed by atoms with Crippen LogP contribution in [-0.2, 0) is 21.4 Å². The number of nitrogens with one attached hydrogen (secondary N) is 2. The maximum absolute atomic E-state index is 13.0. The average Bonchev–Trinajstić information content (AvgIpc) is 2.56. The Kier molecular flexibility index (Phi) is 3.69. The van der Waals surface area contributed by atoms with Crippen LogP contribution in [-0.4, -0.2) is 30.6 Å². The minimum Gasteiger partial charge on any atom is -0.384 e. The van der Waals surface area contributed by atoms with E-state index in [9.17, 15) is 9.18 Å². The Labute approximate surface area is 139 Å². The molecule has 2 aromatic rings. The molecule has 0 saturated carbocycles. The van der Waals surface area contributed by atoms with Crippen LogP contribution in [0.1, 0.15) is 17.8 Å². The third kappa shape index (κ3) is 2.53. The van der Waals surface area contributed by atoms with Gasteiger partial charge in [-0.3, -0.25) is 9.78 Å². The van der Waals surface area contributed by atoms with Crippen LogP contribution in [0.5, 0.6) is 0 Å². The number of fused-ring (bicyclic) bond motifs is 1. The molecule has 0 radical (unpaired) electrons. The zero-order valence-electron chi connectivity index (χ0n) is 13.1. The summed E-state index contributed by atoms with van der Waals surface area (Å²) in [6, 6.07) is 9.62. The minimum absolute atomic E-state index is 0.170. The summed E-state index contributed by atoms with van der Waals surface area (Å²) in [6.07, 6.45) is 1.95. The fourth-order valence-corrected chi connectivity index (χ4v) is 3.08. The highest BCUT2D eigenvalue weighted by Crippen LogP contribution is 2.34. The van der Waals surface area contributed by atoms with Crippen LogP contribution in [0.25, 0.3) is 0 Å². The van der Waals surface area contributed by atoms with Gasteiger partial charge in [0, 0.05) is 12.2 Å². The van der Waals surface area contributed by atoms with E-state index < -0.39 is 5.41 Å². The Hall–Kier alpha value is -2.47. The lowest BCUT2D eigenvalue weighted by Crippen LogP contribution is -2.56. The molecule has 1 fully saturated rings. The van der Waals surface area contributed by atoms with Crippen molar-refractivity contribution in [3.63, 3.8) is 0 Å². The topological polar surface area (TPSA) is 63.2 Å². The zero-order chi connectivity index (χ0) is 16.6. The second kappa shape index (κ2) is 5.87. The van der Waals surface area contributed by atoms with Gasteiger partial charge in [-0.2, -0.15) is 0 Å². The van der Waals surface area contributed by atoms with Crippen molar-refractivity contribution in [3.8, 4) is 0 Å².